The van der Waals surface area contributed by atoms with E-state index in [-0.39, 0.29) is 5.97 Å². The van der Waals surface area contributed by atoms with E-state index in [0.29, 0.717) is 43.6 Å². The summed E-state index contributed by atoms with van der Waals surface area (Å²) >= 11 is 1.43. The maximum absolute atomic E-state index is 12.3. The van der Waals surface area contributed by atoms with E-state index in [1.165, 1.54) is 11.3 Å². The summed E-state index contributed by atoms with van der Waals surface area (Å²) in [5.74, 6) is 0.533. The van der Waals surface area contributed by atoms with Gasteiger partial charge in [0, 0.05) is 43.7 Å². The second-order valence-corrected chi connectivity index (χ2v) is 9.77. The van der Waals surface area contributed by atoms with Crippen LogP contribution >= 0.6 is 11.3 Å². The third-order valence-corrected chi connectivity index (χ3v) is 7.21. The van der Waals surface area contributed by atoms with Gasteiger partial charge in [0.1, 0.15) is 5.69 Å². The molecule has 2 N–H and O–H groups in total. The van der Waals surface area contributed by atoms with Crippen LogP contribution in [0.3, 0.4) is 0 Å². The van der Waals surface area contributed by atoms with E-state index in [4.69, 9.17) is 10.5 Å². The number of aryl methyl sites for hydroxylation is 1. The monoisotopic (exact) mass is 478 g/mol. The molecule has 10 nitrogen and oxygen atoms in total. The highest BCUT2D eigenvalue weighted by molar-refractivity contribution is 7.22. The average Bonchev–Trinajstić information content (AvgIpc) is 3.43. The highest BCUT2D eigenvalue weighted by atomic mass is 32.1. The van der Waals surface area contributed by atoms with E-state index >= 15 is 0 Å². The maximum Gasteiger partial charge on any atom is 0.311 e. The Balaban J connectivity index is 1.40. The van der Waals surface area contributed by atoms with Crippen molar-refractivity contribution in [2.24, 2.45) is 12.5 Å². The normalized spacial score (nSPS) is 15.6. The Morgan fingerprint density at radius 2 is 1.94 bits per heavy atom. The standard InChI is InChI=1S/C23H26N8O2S/c1-4-33-20(32)23(2)5-7-31(8-6-23)22-25-11-15(12-26-22)14-9-16(18-13-30(3)29-28-18)19-17(10-14)27-21(24)34-19/h9-13H,4-8H2,1-3H3,(H2,24,27). The van der Waals surface area contributed by atoms with Crippen LogP contribution in [-0.4, -0.2) is 55.6 Å². The molecule has 0 saturated carbocycles. The molecule has 0 amide bonds. The number of nitrogen functional groups attached to an aromatic ring is 1. The first kappa shape index (κ1) is 22.2. The molecule has 3 aromatic heterocycles. The molecule has 0 bridgehead atoms. The molecule has 34 heavy (non-hydrogen) atoms. The van der Waals surface area contributed by atoms with Gasteiger partial charge in [0.2, 0.25) is 5.95 Å². The SMILES string of the molecule is CCOC(=O)C1(C)CCN(c2ncc(-c3cc(-c4cn(C)nn4)c4sc(N)nc4c3)cn2)CC1. The summed E-state index contributed by atoms with van der Waals surface area (Å²) in [4.78, 5) is 28.1. The molecule has 11 heteroatoms. The molecule has 1 aromatic carbocycles. The van der Waals surface area contributed by atoms with E-state index in [2.05, 4.69) is 30.2 Å². The largest absolute Gasteiger partial charge is 0.466 e. The first-order chi connectivity index (χ1) is 16.4. The van der Waals surface area contributed by atoms with Crippen LogP contribution in [0.25, 0.3) is 32.6 Å². The van der Waals surface area contributed by atoms with Gasteiger partial charge in [-0.1, -0.05) is 16.6 Å². The molecule has 4 heterocycles. The summed E-state index contributed by atoms with van der Waals surface area (Å²) in [6.45, 7) is 5.62. The molecule has 5 rings (SSSR count). The summed E-state index contributed by atoms with van der Waals surface area (Å²) in [7, 11) is 1.83. The molecule has 0 unspecified atom stereocenters. The Morgan fingerprint density at radius 1 is 1.21 bits per heavy atom. The minimum atomic E-state index is -0.450. The van der Waals surface area contributed by atoms with Crippen LogP contribution in [-0.2, 0) is 16.6 Å². The Labute approximate surface area is 200 Å². The van der Waals surface area contributed by atoms with E-state index in [1.54, 1.807) is 4.68 Å². The number of nitrogens with two attached hydrogens (primary N) is 1. The van der Waals surface area contributed by atoms with Crippen molar-refractivity contribution in [1.82, 2.24) is 29.9 Å². The van der Waals surface area contributed by atoms with Crippen molar-refractivity contribution in [3.8, 4) is 22.4 Å². The molecular weight excluding hydrogens is 452 g/mol. The van der Waals surface area contributed by atoms with Crippen molar-refractivity contribution in [1.29, 1.82) is 0 Å². The minimum Gasteiger partial charge on any atom is -0.466 e. The number of thiazole rings is 1. The highest BCUT2D eigenvalue weighted by Gasteiger charge is 2.38. The number of carbonyl (C=O) groups excluding carboxylic acids is 1. The molecular formula is C23H26N8O2S. The van der Waals surface area contributed by atoms with Gasteiger partial charge in [-0.05, 0) is 44.4 Å². The van der Waals surface area contributed by atoms with Gasteiger partial charge in [-0.15, -0.1) is 5.10 Å². The molecule has 176 valence electrons. The first-order valence-corrected chi connectivity index (χ1v) is 12.0. The molecule has 4 aromatic rings. The number of piperidine rings is 1. The number of nitrogens with zero attached hydrogens (tertiary/aromatic N) is 7. The lowest BCUT2D eigenvalue weighted by atomic mass is 9.80. The van der Waals surface area contributed by atoms with E-state index in [9.17, 15) is 4.79 Å². The number of ether oxygens (including phenoxy) is 1. The van der Waals surface area contributed by atoms with Gasteiger partial charge in [0.05, 0.1) is 28.4 Å². The number of esters is 1. The molecule has 1 aliphatic rings. The lowest BCUT2D eigenvalue weighted by molar-refractivity contribution is -0.155. The lowest BCUT2D eigenvalue weighted by Crippen LogP contribution is -2.44. The summed E-state index contributed by atoms with van der Waals surface area (Å²) in [6, 6.07) is 4.04. The number of aromatic nitrogens is 6. The molecule has 0 aliphatic carbocycles. The van der Waals surface area contributed by atoms with Crippen molar-refractivity contribution in [3.05, 3.63) is 30.7 Å². The second-order valence-electron chi connectivity index (χ2n) is 8.74. The van der Waals surface area contributed by atoms with E-state index in [1.807, 2.05) is 51.6 Å². The van der Waals surface area contributed by atoms with Crippen LogP contribution < -0.4 is 10.6 Å². The van der Waals surface area contributed by atoms with Crippen LogP contribution in [0.2, 0.25) is 0 Å². The Morgan fingerprint density at radius 3 is 2.59 bits per heavy atom. The van der Waals surface area contributed by atoms with Gasteiger partial charge >= 0.3 is 5.97 Å². The third kappa shape index (κ3) is 4.07. The zero-order chi connectivity index (χ0) is 23.9. The predicted molar refractivity (Wildman–Crippen MR) is 131 cm³/mol. The van der Waals surface area contributed by atoms with Crippen molar-refractivity contribution in [2.45, 2.75) is 26.7 Å². The fourth-order valence-corrected chi connectivity index (χ4v) is 5.06. The molecule has 0 radical (unpaired) electrons. The molecule has 0 atom stereocenters. The molecule has 1 saturated heterocycles. The maximum atomic E-state index is 12.3. The van der Waals surface area contributed by atoms with Gasteiger partial charge in [0.15, 0.2) is 5.13 Å². The van der Waals surface area contributed by atoms with E-state index in [0.717, 1.165) is 32.6 Å². The number of benzene rings is 1. The Bertz CT molecular complexity index is 1340. The minimum absolute atomic E-state index is 0.122. The Kier molecular flexibility index (Phi) is 5.64. The van der Waals surface area contributed by atoms with Crippen LogP contribution in [0.15, 0.2) is 30.7 Å². The highest BCUT2D eigenvalue weighted by Crippen LogP contribution is 2.37. The number of hydrogen-bond donors (Lipinski definition) is 1. The smallest absolute Gasteiger partial charge is 0.311 e. The second kappa shape index (κ2) is 8.64. The number of rotatable bonds is 5. The van der Waals surface area contributed by atoms with Crippen molar-refractivity contribution in [3.63, 3.8) is 0 Å². The average molecular weight is 479 g/mol. The van der Waals surface area contributed by atoms with Crippen LogP contribution in [0.4, 0.5) is 11.1 Å². The zero-order valence-corrected chi connectivity index (χ0v) is 20.2. The van der Waals surface area contributed by atoms with Gasteiger partial charge in [-0.2, -0.15) is 0 Å². The summed E-state index contributed by atoms with van der Waals surface area (Å²) in [5, 5.41) is 8.84. The summed E-state index contributed by atoms with van der Waals surface area (Å²) in [5.41, 5.74) is 9.83. The number of fused-ring (bicyclic) bond motifs is 1. The van der Waals surface area contributed by atoms with Crippen molar-refractivity contribution < 1.29 is 9.53 Å². The van der Waals surface area contributed by atoms with Gasteiger partial charge in [-0.3, -0.25) is 9.48 Å². The summed E-state index contributed by atoms with van der Waals surface area (Å²) < 4.78 is 7.89. The topological polar surface area (TPSA) is 125 Å². The molecule has 1 fully saturated rings. The van der Waals surface area contributed by atoms with Gasteiger partial charge < -0.3 is 15.4 Å². The van der Waals surface area contributed by atoms with Gasteiger partial charge in [-0.25, -0.2) is 15.0 Å². The first-order valence-electron chi connectivity index (χ1n) is 11.2. The fraction of sp³-hybridized carbons (Fsp3) is 0.391. The quantitative estimate of drug-likeness (QED) is 0.430. The summed E-state index contributed by atoms with van der Waals surface area (Å²) in [6.07, 6.45) is 6.92. The zero-order valence-electron chi connectivity index (χ0n) is 19.4. The van der Waals surface area contributed by atoms with Crippen molar-refractivity contribution in [2.75, 3.05) is 30.3 Å². The van der Waals surface area contributed by atoms with Crippen LogP contribution in [0.5, 0.6) is 0 Å². The Hall–Kier alpha value is -3.60. The molecule has 0 spiro atoms. The predicted octanol–water partition coefficient (Wildman–Crippen LogP) is 3.30. The number of carbonyl (C=O) groups is 1. The van der Waals surface area contributed by atoms with Crippen molar-refractivity contribution >= 4 is 38.6 Å². The van der Waals surface area contributed by atoms with Crippen LogP contribution in [0, 0.1) is 5.41 Å². The van der Waals surface area contributed by atoms with Gasteiger partial charge in [0.25, 0.3) is 0 Å². The number of hydrogen-bond acceptors (Lipinski definition) is 10. The van der Waals surface area contributed by atoms with E-state index < -0.39 is 5.41 Å². The van der Waals surface area contributed by atoms with Crippen LogP contribution in [0.1, 0.15) is 26.7 Å². The molecule has 1 aliphatic heterocycles. The third-order valence-electron chi connectivity index (χ3n) is 6.27. The lowest BCUT2D eigenvalue weighted by Gasteiger charge is -2.37. The number of anilines is 2. The fourth-order valence-electron chi connectivity index (χ4n) is 4.22.